The van der Waals surface area contributed by atoms with Crippen molar-refractivity contribution in [1.82, 2.24) is 61.3 Å². The predicted octanol–water partition coefficient (Wildman–Crippen LogP) is 18.8. The van der Waals surface area contributed by atoms with Crippen LogP contribution in [0.25, 0.3) is 35.3 Å². The number of nitriles is 1. The molecule has 16 rings (SSSR count). The summed E-state index contributed by atoms with van der Waals surface area (Å²) >= 11 is 18.9. The number of methoxy groups -OCH3 is 1. The number of hydrogen-bond donors (Lipinski definition) is 10. The Hall–Kier alpha value is -13.7. The van der Waals surface area contributed by atoms with Crippen LogP contribution < -0.4 is 31.3 Å². The SMILES string of the molecule is [C-]#[N+]C1=C(CC)Nc2[nH]ncc2C1c1cccc(C#N)c1Cl.[C-]#[N+]C1=C(CC)Nc2[nH]ncc2C1c1cccc(Cl)c1Cl.[C-]#[N+]C1=C(CC)Nc2[nH]ncc2C1c1cccc2nonc12.[C-]#[N+]C1=C(CC)Nc2[nH]ncc2C1c1ccccc1OC.[C-]#[N+]C1=C(CC)Nc2[nH]ncc2C1c1ccccc1[N+](=O)[O-]. The van der Waals surface area contributed by atoms with Crippen molar-refractivity contribution in [1.29, 1.82) is 5.26 Å². The fourth-order valence-corrected chi connectivity index (χ4v) is 14.5. The average molecular weight is 1500 g/mol. The lowest BCUT2D eigenvalue weighted by Crippen LogP contribution is -2.17. The van der Waals surface area contributed by atoms with Gasteiger partial charge in [0.25, 0.3) is 5.69 Å². The molecule has 5 aromatic carbocycles. The van der Waals surface area contributed by atoms with Crippen LogP contribution in [0.4, 0.5) is 34.8 Å². The van der Waals surface area contributed by atoms with Crippen LogP contribution in [-0.2, 0) is 0 Å². The van der Waals surface area contributed by atoms with E-state index in [0.29, 0.717) is 84.4 Å². The maximum absolute atomic E-state index is 11.3. The quantitative estimate of drug-likeness (QED) is 0.0309. The molecule has 11 aromatic rings. The zero-order valence-corrected chi connectivity index (χ0v) is 60.9. The summed E-state index contributed by atoms with van der Waals surface area (Å²) < 4.78 is 10.3. The smallest absolute Gasteiger partial charge is 0.272 e. The number of H-pyrrole nitrogens is 5. The number of aromatic amines is 5. The number of rotatable bonds is 12. The van der Waals surface area contributed by atoms with Crippen LogP contribution in [0.15, 0.2) is 196 Å². The summed E-state index contributed by atoms with van der Waals surface area (Å²) in [6.07, 6.45) is 12.1. The number of nitrogens with one attached hydrogen (secondary N) is 10. The van der Waals surface area contributed by atoms with Crippen molar-refractivity contribution in [3.8, 4) is 11.8 Å². The molecule has 5 unspecified atom stereocenters. The van der Waals surface area contributed by atoms with Gasteiger partial charge in [0.15, 0.2) is 28.5 Å². The van der Waals surface area contributed by atoms with E-state index in [1.165, 1.54) is 6.07 Å². The summed E-state index contributed by atoms with van der Waals surface area (Å²) in [5.41, 5.74) is 17.5. The third kappa shape index (κ3) is 14.0. The summed E-state index contributed by atoms with van der Waals surface area (Å²) in [5.74, 6) is 3.30. The van der Waals surface area contributed by atoms with Crippen molar-refractivity contribution in [3.05, 3.63) is 335 Å². The molecule has 0 radical (unpaired) electrons. The summed E-state index contributed by atoms with van der Waals surface area (Å²) in [5, 5.41) is 80.9. The fraction of sp³-hybridized carbons (Fsp3) is 0.208. The van der Waals surface area contributed by atoms with Crippen molar-refractivity contribution in [3.63, 3.8) is 0 Å². The summed E-state index contributed by atoms with van der Waals surface area (Å²) in [7, 11) is 1.65. The van der Waals surface area contributed by atoms with Crippen molar-refractivity contribution in [2.75, 3.05) is 33.7 Å². The van der Waals surface area contributed by atoms with Crippen molar-refractivity contribution in [2.45, 2.75) is 96.3 Å². The molecule has 10 N–H and O–H groups in total. The normalized spacial score (nSPS) is 16.9. The lowest BCUT2D eigenvalue weighted by atomic mass is 9.85. The summed E-state index contributed by atoms with van der Waals surface area (Å²) in [6.45, 7) is 47.8. The van der Waals surface area contributed by atoms with Gasteiger partial charge in [0.2, 0.25) is 0 Å². The Labute approximate surface area is 634 Å². The van der Waals surface area contributed by atoms with E-state index in [2.05, 4.69) is 118 Å². The van der Waals surface area contributed by atoms with E-state index in [1.54, 1.807) is 74.5 Å². The number of ether oxygens (including phenoxy) is 1. The van der Waals surface area contributed by atoms with E-state index in [-0.39, 0.29) is 29.4 Å². The molecule has 0 aliphatic carbocycles. The Morgan fingerprint density at radius 3 is 1.19 bits per heavy atom. The Kier molecular flexibility index (Phi) is 22.6. The number of fused-ring (bicyclic) bond motifs is 6. The molecular weight excluding hydrogens is 1430 g/mol. The number of hydrogen-bond acceptors (Lipinski definition) is 17. The number of allylic oxidation sites excluding steroid dienone is 10. The van der Waals surface area contributed by atoms with Gasteiger partial charge in [0.1, 0.15) is 51.9 Å². The lowest BCUT2D eigenvalue weighted by molar-refractivity contribution is -0.385. The molecule has 0 saturated carbocycles. The fourth-order valence-electron chi connectivity index (χ4n) is 13.8. The van der Waals surface area contributed by atoms with E-state index in [9.17, 15) is 15.4 Å². The first-order valence-electron chi connectivity index (χ1n) is 33.9. The molecule has 0 amide bonds. The first-order chi connectivity index (χ1) is 52.7. The number of anilines is 5. The predicted molar refractivity (Wildman–Crippen MR) is 410 cm³/mol. The Morgan fingerprint density at radius 2 is 0.796 bits per heavy atom. The van der Waals surface area contributed by atoms with Gasteiger partial charge in [-0.25, -0.2) is 28.9 Å². The highest BCUT2D eigenvalue weighted by Crippen LogP contribution is 2.50. The van der Waals surface area contributed by atoms with Crippen molar-refractivity contribution < 1.29 is 14.3 Å². The molecular formula is C77H65Cl3N24O4. The standard InChI is InChI=1S/C16H12ClN5.C16H16N4O.C15H12Cl2N4.C15H12N6O.C15H13N5O2/c1-3-12-15(19-2)13(11-8-20-22-16(11)21-12)10-6-4-5-9(7-18)14(10)17;1-4-12-15(17-2)14(11-9-18-20-16(11)19-12)10-7-5-6-8-13(10)21-3;1-3-11-14(18-2)12(9-7-19-21-15(9)20-11)8-5-4-6-10(16)13(8)17;1-3-10-14(16-2)12(9-7-17-19-15(9)18-10)8-5-4-6-11-13(8)21-22-20-11;1-3-11-14(16-2)13(10-8-17-19-15(10)18-11)9-6-4-5-7-12(9)20(21)22/h4-6,8,13H,3H2,1H3,(H2,20,21,22);5-9,14H,4H2,1,3H3,(H2,18,19,20);4-7,12H,3H2,1H3,(H2,19,20,21);4-7,12H,3H2,1H3,(H2,17,18,19);4-8,13H,3H2,1H3,(H2,17,18,19). The number of aromatic nitrogens is 12. The zero-order chi connectivity index (χ0) is 76.3. The molecule has 6 aromatic heterocycles. The maximum atomic E-state index is 11.3. The summed E-state index contributed by atoms with van der Waals surface area (Å²) in [4.78, 5) is 29.6. The highest BCUT2D eigenvalue weighted by molar-refractivity contribution is 6.42. The zero-order valence-electron chi connectivity index (χ0n) is 58.7. The number of halogens is 3. The van der Waals surface area contributed by atoms with E-state index in [4.69, 9.17) is 77.0 Å². The molecule has 0 bridgehead atoms. The maximum Gasteiger partial charge on any atom is 0.272 e. The minimum absolute atomic E-state index is 0.0122. The molecule has 0 saturated heterocycles. The van der Waals surface area contributed by atoms with Crippen molar-refractivity contribution in [2.24, 2.45) is 0 Å². The van der Waals surface area contributed by atoms with Crippen LogP contribution in [0, 0.1) is 54.3 Å². The molecule has 5 atom stereocenters. The van der Waals surface area contributed by atoms with E-state index in [0.717, 1.165) is 127 Å². The number of nitro benzene ring substituents is 1. The second-order valence-corrected chi connectivity index (χ2v) is 25.6. The topological polar surface area (TPSA) is 340 Å². The van der Waals surface area contributed by atoms with Gasteiger partial charge in [-0.3, -0.25) is 35.6 Å². The number of nitrogens with zero attached hydrogens (tertiary/aromatic N) is 14. The van der Waals surface area contributed by atoms with E-state index >= 15 is 0 Å². The van der Waals surface area contributed by atoms with Crippen LogP contribution in [0.5, 0.6) is 5.75 Å². The number of para-hydroxylation sites is 2. The highest BCUT2D eigenvalue weighted by atomic mass is 35.5. The average Bonchev–Trinajstić information content (AvgIpc) is 1.54. The number of benzene rings is 5. The molecule has 108 heavy (non-hydrogen) atoms. The van der Waals surface area contributed by atoms with Crippen LogP contribution in [0.3, 0.4) is 0 Å². The monoisotopic (exact) mass is 1490 g/mol. The molecule has 0 spiro atoms. The van der Waals surface area contributed by atoms with Gasteiger partial charge in [-0.05, 0) is 88.9 Å². The van der Waals surface area contributed by atoms with E-state index < -0.39 is 10.8 Å². The van der Waals surface area contributed by atoms with Gasteiger partial charge >= 0.3 is 0 Å². The second kappa shape index (κ2) is 32.9. The molecule has 5 aliphatic heterocycles. The van der Waals surface area contributed by atoms with Gasteiger partial charge in [-0.15, -0.1) is 0 Å². The largest absolute Gasteiger partial charge is 0.496 e. The third-order valence-corrected chi connectivity index (χ3v) is 20.1. The van der Waals surface area contributed by atoms with Gasteiger partial charge < -0.3 is 31.3 Å². The molecule has 28 nitrogen and oxygen atoms in total. The van der Waals surface area contributed by atoms with Crippen molar-refractivity contribution >= 4 is 80.6 Å². The second-order valence-electron chi connectivity index (χ2n) is 24.4. The van der Waals surface area contributed by atoms with Crippen LogP contribution in [0.1, 0.15) is 158 Å². The minimum Gasteiger partial charge on any atom is -0.496 e. The van der Waals surface area contributed by atoms with E-state index in [1.807, 2.05) is 95.3 Å². The Morgan fingerprint density at radius 1 is 0.454 bits per heavy atom. The third-order valence-electron chi connectivity index (χ3n) is 18.8. The molecule has 538 valence electrons. The Balaban J connectivity index is 0.000000126. The molecule has 0 fully saturated rings. The highest BCUT2D eigenvalue weighted by Gasteiger charge is 2.39. The van der Waals surface area contributed by atoms with Gasteiger partial charge in [-0.1, -0.05) is 142 Å². The minimum atomic E-state index is -0.482. The molecule has 31 heteroatoms. The lowest BCUT2D eigenvalue weighted by Gasteiger charge is -2.26. The first-order valence-corrected chi connectivity index (χ1v) is 35.0. The molecule has 5 aliphatic rings. The Bertz CT molecular complexity index is 5720. The van der Waals surface area contributed by atoms with Crippen LogP contribution in [0.2, 0.25) is 15.1 Å². The van der Waals surface area contributed by atoms with Gasteiger partial charge in [0, 0.05) is 67.9 Å². The molecule has 11 heterocycles. The number of nitro groups is 1. The first kappa shape index (κ1) is 74.0. The van der Waals surface area contributed by atoms with Gasteiger partial charge in [0.05, 0.1) is 126 Å². The van der Waals surface area contributed by atoms with Gasteiger partial charge in [-0.2, -0.15) is 30.8 Å². The van der Waals surface area contributed by atoms with Crippen LogP contribution >= 0.6 is 34.8 Å². The van der Waals surface area contributed by atoms with Crippen LogP contribution in [-0.4, -0.2) is 73.3 Å². The summed E-state index contributed by atoms with van der Waals surface area (Å²) in [6, 6.07) is 32.9.